The van der Waals surface area contributed by atoms with Gasteiger partial charge < -0.3 is 10.2 Å². The van der Waals surface area contributed by atoms with E-state index >= 15 is 0 Å². The van der Waals surface area contributed by atoms with Crippen LogP contribution in [-0.4, -0.2) is 35.6 Å². The minimum Gasteiger partial charge on any atom is -0.338 e. The Bertz CT molecular complexity index is 881. The summed E-state index contributed by atoms with van der Waals surface area (Å²) in [5, 5.41) is 2.81. The molecule has 1 heterocycles. The Morgan fingerprint density at radius 2 is 1.89 bits per heavy atom. The average molecular weight is 368 g/mol. The van der Waals surface area contributed by atoms with Crippen molar-refractivity contribution in [3.05, 3.63) is 65.5 Å². The maximum atomic E-state index is 13.9. The van der Waals surface area contributed by atoms with Crippen LogP contribution in [0.1, 0.15) is 40.5 Å². The van der Waals surface area contributed by atoms with Crippen molar-refractivity contribution >= 4 is 23.3 Å². The van der Waals surface area contributed by atoms with Gasteiger partial charge in [-0.25, -0.2) is 4.39 Å². The molecule has 2 amide bonds. The second-order valence-electron chi connectivity index (χ2n) is 6.70. The van der Waals surface area contributed by atoms with E-state index in [1.54, 1.807) is 30.3 Å². The van der Waals surface area contributed by atoms with Crippen LogP contribution >= 0.6 is 0 Å². The summed E-state index contributed by atoms with van der Waals surface area (Å²) in [5.74, 6) is -1.62. The van der Waals surface area contributed by atoms with Crippen LogP contribution in [-0.2, 0) is 4.79 Å². The summed E-state index contributed by atoms with van der Waals surface area (Å²) in [5.41, 5.74) is 1.09. The van der Waals surface area contributed by atoms with E-state index in [1.165, 1.54) is 30.0 Å². The standard InChI is InChI=1S/C21H21FN2O3/c1-14(25)15-6-4-8-17(12-15)23-20(26)16-7-5-11-24(13-16)21(27)18-9-2-3-10-19(18)22/h2-4,6,8-10,12,16H,5,7,11,13H2,1H3,(H,23,26)/t16-/m1/s1. The first-order valence-electron chi connectivity index (χ1n) is 8.91. The molecule has 1 aliphatic heterocycles. The lowest BCUT2D eigenvalue weighted by Gasteiger charge is -2.32. The summed E-state index contributed by atoms with van der Waals surface area (Å²) < 4.78 is 13.9. The Morgan fingerprint density at radius 1 is 1.11 bits per heavy atom. The van der Waals surface area contributed by atoms with Crippen molar-refractivity contribution in [3.8, 4) is 0 Å². The monoisotopic (exact) mass is 368 g/mol. The van der Waals surface area contributed by atoms with Gasteiger partial charge in [0.05, 0.1) is 11.5 Å². The zero-order chi connectivity index (χ0) is 19.4. The molecule has 0 unspecified atom stereocenters. The quantitative estimate of drug-likeness (QED) is 0.840. The van der Waals surface area contributed by atoms with Crippen LogP contribution in [0.3, 0.4) is 0 Å². The number of nitrogens with one attached hydrogen (secondary N) is 1. The fraction of sp³-hybridized carbons (Fsp3) is 0.286. The summed E-state index contributed by atoms with van der Waals surface area (Å²) >= 11 is 0. The number of benzene rings is 2. The van der Waals surface area contributed by atoms with Crippen LogP contribution < -0.4 is 5.32 Å². The van der Waals surface area contributed by atoms with E-state index in [1.807, 2.05) is 0 Å². The van der Waals surface area contributed by atoms with Crippen LogP contribution in [0.5, 0.6) is 0 Å². The summed E-state index contributed by atoms with van der Waals surface area (Å²) in [7, 11) is 0. The third kappa shape index (κ3) is 4.39. The van der Waals surface area contributed by atoms with Gasteiger partial charge in [0.25, 0.3) is 5.91 Å². The predicted molar refractivity (Wildman–Crippen MR) is 100 cm³/mol. The number of rotatable bonds is 4. The highest BCUT2D eigenvalue weighted by molar-refractivity contribution is 5.98. The average Bonchev–Trinajstić information content (AvgIpc) is 2.68. The number of likely N-dealkylation sites (tertiary alicyclic amines) is 1. The summed E-state index contributed by atoms with van der Waals surface area (Å²) in [4.78, 5) is 38.2. The molecule has 0 aliphatic carbocycles. The van der Waals surface area contributed by atoms with E-state index in [0.717, 1.165) is 0 Å². The minimum absolute atomic E-state index is 0.0210. The molecule has 6 heteroatoms. The first-order valence-corrected chi connectivity index (χ1v) is 8.91. The predicted octanol–water partition coefficient (Wildman–Crippen LogP) is 3.52. The molecule has 0 spiro atoms. The molecule has 3 rings (SSSR count). The highest BCUT2D eigenvalue weighted by Gasteiger charge is 2.30. The number of carbonyl (C=O) groups excluding carboxylic acids is 3. The molecular formula is C21H21FN2O3. The van der Waals surface area contributed by atoms with E-state index in [2.05, 4.69) is 5.32 Å². The molecule has 1 saturated heterocycles. The highest BCUT2D eigenvalue weighted by atomic mass is 19.1. The first-order chi connectivity index (χ1) is 13.0. The Labute approximate surface area is 157 Å². The van der Waals surface area contributed by atoms with Crippen LogP contribution in [0.2, 0.25) is 0 Å². The van der Waals surface area contributed by atoms with Crippen molar-refractivity contribution in [1.82, 2.24) is 4.90 Å². The maximum Gasteiger partial charge on any atom is 0.256 e. The third-order valence-corrected chi connectivity index (χ3v) is 4.72. The van der Waals surface area contributed by atoms with Crippen molar-refractivity contribution in [1.29, 1.82) is 0 Å². The molecule has 0 saturated carbocycles. The number of anilines is 1. The number of carbonyl (C=O) groups is 3. The van der Waals surface area contributed by atoms with Crippen molar-refractivity contribution in [2.75, 3.05) is 18.4 Å². The highest BCUT2D eigenvalue weighted by Crippen LogP contribution is 2.22. The van der Waals surface area contributed by atoms with E-state index in [-0.39, 0.29) is 29.7 Å². The zero-order valence-corrected chi connectivity index (χ0v) is 15.1. The number of halogens is 1. The fourth-order valence-electron chi connectivity index (χ4n) is 3.24. The molecule has 1 aliphatic rings. The van der Waals surface area contributed by atoms with Gasteiger partial charge in [0.1, 0.15) is 5.82 Å². The Hall–Kier alpha value is -3.02. The van der Waals surface area contributed by atoms with Crippen molar-refractivity contribution in [2.24, 2.45) is 5.92 Å². The Morgan fingerprint density at radius 3 is 2.63 bits per heavy atom. The lowest BCUT2D eigenvalue weighted by Crippen LogP contribution is -2.44. The second kappa shape index (κ2) is 8.12. The maximum absolute atomic E-state index is 13.9. The zero-order valence-electron chi connectivity index (χ0n) is 15.1. The number of amides is 2. The number of piperidine rings is 1. The molecule has 5 nitrogen and oxygen atoms in total. The lowest BCUT2D eigenvalue weighted by atomic mass is 9.96. The Balaban J connectivity index is 1.68. The van der Waals surface area contributed by atoms with E-state index in [0.29, 0.717) is 30.6 Å². The molecule has 1 atom stereocenters. The molecule has 27 heavy (non-hydrogen) atoms. The van der Waals surface area contributed by atoms with Crippen molar-refractivity contribution < 1.29 is 18.8 Å². The molecule has 2 aromatic carbocycles. The largest absolute Gasteiger partial charge is 0.338 e. The second-order valence-corrected chi connectivity index (χ2v) is 6.70. The molecule has 140 valence electrons. The Kier molecular flexibility index (Phi) is 5.64. The lowest BCUT2D eigenvalue weighted by molar-refractivity contribution is -0.121. The van der Waals surface area contributed by atoms with Crippen molar-refractivity contribution in [3.63, 3.8) is 0 Å². The SMILES string of the molecule is CC(=O)c1cccc(NC(=O)[C@@H]2CCCN(C(=O)c3ccccc3F)C2)c1. The third-order valence-electron chi connectivity index (χ3n) is 4.72. The first kappa shape index (κ1) is 18.8. The smallest absolute Gasteiger partial charge is 0.256 e. The topological polar surface area (TPSA) is 66.5 Å². The van der Waals surface area contributed by atoms with Gasteiger partial charge in [-0.15, -0.1) is 0 Å². The summed E-state index contributed by atoms with van der Waals surface area (Å²) in [6.07, 6.45) is 1.32. The van der Waals surface area contributed by atoms with E-state index in [9.17, 15) is 18.8 Å². The van der Waals surface area contributed by atoms with Crippen LogP contribution in [0, 0.1) is 11.7 Å². The van der Waals surface area contributed by atoms with E-state index < -0.39 is 11.7 Å². The normalized spacial score (nSPS) is 16.7. The molecular weight excluding hydrogens is 347 g/mol. The van der Waals surface area contributed by atoms with Gasteiger partial charge in [0.15, 0.2) is 5.78 Å². The van der Waals surface area contributed by atoms with Crippen LogP contribution in [0.25, 0.3) is 0 Å². The molecule has 1 N–H and O–H groups in total. The van der Waals surface area contributed by atoms with Crippen LogP contribution in [0.4, 0.5) is 10.1 Å². The van der Waals surface area contributed by atoms with Gasteiger partial charge in [-0.2, -0.15) is 0 Å². The molecule has 0 aromatic heterocycles. The summed E-state index contributed by atoms with van der Waals surface area (Å²) in [6.45, 7) is 2.20. The van der Waals surface area contributed by atoms with Gasteiger partial charge in [0, 0.05) is 24.3 Å². The molecule has 2 aromatic rings. The molecule has 0 radical (unpaired) electrons. The van der Waals surface area contributed by atoms with Gasteiger partial charge >= 0.3 is 0 Å². The number of hydrogen-bond donors (Lipinski definition) is 1. The van der Waals surface area contributed by atoms with Crippen molar-refractivity contribution in [2.45, 2.75) is 19.8 Å². The number of nitrogens with zero attached hydrogens (tertiary/aromatic N) is 1. The van der Waals surface area contributed by atoms with E-state index in [4.69, 9.17) is 0 Å². The molecule has 1 fully saturated rings. The minimum atomic E-state index is -0.560. The van der Waals surface area contributed by atoms with Gasteiger partial charge in [-0.1, -0.05) is 24.3 Å². The molecule has 0 bridgehead atoms. The number of ketones is 1. The number of Topliss-reactive ketones (excluding diaryl/α,β-unsaturated/α-hetero) is 1. The van der Waals surface area contributed by atoms with Gasteiger partial charge in [-0.3, -0.25) is 14.4 Å². The van der Waals surface area contributed by atoms with Crippen LogP contribution in [0.15, 0.2) is 48.5 Å². The summed E-state index contributed by atoms with van der Waals surface area (Å²) in [6, 6.07) is 12.6. The number of hydrogen-bond acceptors (Lipinski definition) is 3. The van der Waals surface area contributed by atoms with Gasteiger partial charge in [0.2, 0.25) is 5.91 Å². The van der Waals surface area contributed by atoms with Gasteiger partial charge in [-0.05, 0) is 44.0 Å². The fourth-order valence-corrected chi connectivity index (χ4v) is 3.24.